The van der Waals surface area contributed by atoms with Crippen LogP contribution in [0.3, 0.4) is 0 Å². The summed E-state index contributed by atoms with van der Waals surface area (Å²) in [7, 11) is 0. The van der Waals surface area contributed by atoms with Crippen LogP contribution >= 0.6 is 0 Å². The molecule has 1 rings (SSSR count). The molecular formula is C14H20N2O2. The van der Waals surface area contributed by atoms with E-state index in [-0.39, 0.29) is 11.7 Å². The highest BCUT2D eigenvalue weighted by Gasteiger charge is 2.04. The Balaban J connectivity index is 2.49. The summed E-state index contributed by atoms with van der Waals surface area (Å²) in [4.78, 5) is 22.8. The van der Waals surface area contributed by atoms with Crippen LogP contribution in [0.5, 0.6) is 0 Å². The second-order valence-electron chi connectivity index (χ2n) is 4.54. The lowest BCUT2D eigenvalue weighted by atomic mass is 10.1. The normalized spacial score (nSPS) is 10.4. The van der Waals surface area contributed by atoms with Crippen LogP contribution in [-0.4, -0.2) is 24.3 Å². The van der Waals surface area contributed by atoms with E-state index in [1.54, 1.807) is 24.3 Å². The molecule has 0 saturated carbocycles. The van der Waals surface area contributed by atoms with Crippen molar-refractivity contribution in [2.45, 2.75) is 33.2 Å². The minimum atomic E-state index is -0.0520. The van der Waals surface area contributed by atoms with Gasteiger partial charge in [-0.3, -0.25) is 9.59 Å². The number of hydrogen-bond donors (Lipinski definition) is 2. The SMILES string of the molecule is CC(=O)c1cccc(NC(=O)CCNC(C)C)c1. The third kappa shape index (κ3) is 5.10. The summed E-state index contributed by atoms with van der Waals surface area (Å²) in [5.74, 6) is -0.0589. The molecule has 0 saturated heterocycles. The molecule has 1 aromatic carbocycles. The van der Waals surface area contributed by atoms with E-state index in [9.17, 15) is 9.59 Å². The van der Waals surface area contributed by atoms with Gasteiger partial charge in [0.25, 0.3) is 0 Å². The molecule has 0 aromatic heterocycles. The van der Waals surface area contributed by atoms with Gasteiger partial charge in [-0.1, -0.05) is 26.0 Å². The van der Waals surface area contributed by atoms with E-state index < -0.39 is 0 Å². The zero-order chi connectivity index (χ0) is 13.5. The molecule has 1 amide bonds. The zero-order valence-electron chi connectivity index (χ0n) is 11.1. The fourth-order valence-corrected chi connectivity index (χ4v) is 1.51. The topological polar surface area (TPSA) is 58.2 Å². The number of hydrogen-bond acceptors (Lipinski definition) is 3. The van der Waals surface area contributed by atoms with E-state index in [0.717, 1.165) is 0 Å². The summed E-state index contributed by atoms with van der Waals surface area (Å²) in [5.41, 5.74) is 1.27. The lowest BCUT2D eigenvalue weighted by Gasteiger charge is -2.09. The van der Waals surface area contributed by atoms with Crippen molar-refractivity contribution in [2.24, 2.45) is 0 Å². The number of anilines is 1. The van der Waals surface area contributed by atoms with Crippen LogP contribution in [-0.2, 0) is 4.79 Å². The van der Waals surface area contributed by atoms with Crippen molar-refractivity contribution in [3.8, 4) is 0 Å². The fraction of sp³-hybridized carbons (Fsp3) is 0.429. The predicted molar refractivity (Wildman–Crippen MR) is 72.8 cm³/mol. The van der Waals surface area contributed by atoms with E-state index in [1.165, 1.54) is 6.92 Å². The smallest absolute Gasteiger partial charge is 0.225 e. The Morgan fingerprint density at radius 3 is 2.61 bits per heavy atom. The number of benzene rings is 1. The minimum Gasteiger partial charge on any atom is -0.326 e. The maximum atomic E-state index is 11.6. The first-order valence-corrected chi connectivity index (χ1v) is 6.13. The molecule has 2 N–H and O–H groups in total. The number of ketones is 1. The van der Waals surface area contributed by atoms with Gasteiger partial charge in [0.05, 0.1) is 0 Å². The summed E-state index contributed by atoms with van der Waals surface area (Å²) in [5, 5.41) is 5.96. The Labute approximate surface area is 108 Å². The molecule has 0 fully saturated rings. The first kappa shape index (κ1) is 14.4. The second kappa shape index (κ2) is 6.91. The monoisotopic (exact) mass is 248 g/mol. The number of Topliss-reactive ketones (excluding diaryl/α,β-unsaturated/α-hetero) is 1. The summed E-state index contributed by atoms with van der Waals surface area (Å²) < 4.78 is 0. The van der Waals surface area contributed by atoms with Crippen molar-refractivity contribution < 1.29 is 9.59 Å². The van der Waals surface area contributed by atoms with Gasteiger partial charge in [-0.15, -0.1) is 0 Å². The van der Waals surface area contributed by atoms with E-state index in [2.05, 4.69) is 10.6 Å². The van der Waals surface area contributed by atoms with Crippen LogP contribution in [0.4, 0.5) is 5.69 Å². The predicted octanol–water partition coefficient (Wildman–Crippen LogP) is 2.22. The maximum Gasteiger partial charge on any atom is 0.225 e. The van der Waals surface area contributed by atoms with Gasteiger partial charge >= 0.3 is 0 Å². The lowest BCUT2D eigenvalue weighted by molar-refractivity contribution is -0.116. The average Bonchev–Trinajstić information content (AvgIpc) is 2.28. The van der Waals surface area contributed by atoms with Crippen molar-refractivity contribution in [1.82, 2.24) is 5.32 Å². The minimum absolute atomic E-state index is 0.00688. The van der Waals surface area contributed by atoms with E-state index in [1.807, 2.05) is 13.8 Å². The first-order chi connectivity index (χ1) is 8.49. The van der Waals surface area contributed by atoms with Gasteiger partial charge in [0.2, 0.25) is 5.91 Å². The van der Waals surface area contributed by atoms with Crippen molar-refractivity contribution >= 4 is 17.4 Å². The van der Waals surface area contributed by atoms with Crippen molar-refractivity contribution in [1.29, 1.82) is 0 Å². The number of carbonyl (C=O) groups excluding carboxylic acids is 2. The van der Waals surface area contributed by atoms with Crippen LogP contribution in [0, 0.1) is 0 Å². The Hall–Kier alpha value is -1.68. The third-order valence-electron chi connectivity index (χ3n) is 2.46. The van der Waals surface area contributed by atoms with Crippen molar-refractivity contribution in [3.63, 3.8) is 0 Å². The van der Waals surface area contributed by atoms with E-state index >= 15 is 0 Å². The van der Waals surface area contributed by atoms with Crippen molar-refractivity contribution in [3.05, 3.63) is 29.8 Å². The summed E-state index contributed by atoms with van der Waals surface area (Å²) in [6.07, 6.45) is 0.419. The molecular weight excluding hydrogens is 228 g/mol. The molecule has 0 atom stereocenters. The summed E-state index contributed by atoms with van der Waals surface area (Å²) >= 11 is 0. The van der Waals surface area contributed by atoms with Crippen LogP contribution < -0.4 is 10.6 Å². The number of nitrogens with one attached hydrogen (secondary N) is 2. The van der Waals surface area contributed by atoms with Crippen LogP contribution in [0.15, 0.2) is 24.3 Å². The van der Waals surface area contributed by atoms with Gasteiger partial charge in [-0.2, -0.15) is 0 Å². The molecule has 0 radical (unpaired) electrons. The molecule has 4 nitrogen and oxygen atoms in total. The number of carbonyl (C=O) groups is 2. The number of amides is 1. The molecule has 0 aliphatic carbocycles. The van der Waals surface area contributed by atoms with Gasteiger partial charge in [-0.25, -0.2) is 0 Å². The molecule has 0 aliphatic rings. The standard InChI is InChI=1S/C14H20N2O2/c1-10(2)15-8-7-14(18)16-13-6-4-5-12(9-13)11(3)17/h4-6,9-10,15H,7-8H2,1-3H3,(H,16,18). The molecule has 0 heterocycles. The Bertz CT molecular complexity index is 428. The van der Waals surface area contributed by atoms with Gasteiger partial charge in [0, 0.05) is 30.3 Å². The first-order valence-electron chi connectivity index (χ1n) is 6.13. The highest BCUT2D eigenvalue weighted by molar-refractivity contribution is 5.97. The molecule has 0 bridgehead atoms. The van der Waals surface area contributed by atoms with Crippen LogP contribution in [0.1, 0.15) is 37.6 Å². The Kier molecular flexibility index (Phi) is 5.52. The van der Waals surface area contributed by atoms with E-state index in [0.29, 0.717) is 30.3 Å². The van der Waals surface area contributed by atoms with Gasteiger partial charge in [0.15, 0.2) is 5.78 Å². The Morgan fingerprint density at radius 1 is 1.28 bits per heavy atom. The van der Waals surface area contributed by atoms with E-state index in [4.69, 9.17) is 0 Å². The Morgan fingerprint density at radius 2 is 2.00 bits per heavy atom. The molecule has 4 heteroatoms. The maximum absolute atomic E-state index is 11.6. The molecule has 1 aromatic rings. The van der Waals surface area contributed by atoms with Gasteiger partial charge in [-0.05, 0) is 19.1 Å². The third-order valence-corrected chi connectivity index (χ3v) is 2.46. The largest absolute Gasteiger partial charge is 0.326 e. The summed E-state index contributed by atoms with van der Waals surface area (Å²) in [6, 6.07) is 7.34. The molecule has 0 spiro atoms. The van der Waals surface area contributed by atoms with Crippen molar-refractivity contribution in [2.75, 3.05) is 11.9 Å². The second-order valence-corrected chi connectivity index (χ2v) is 4.54. The van der Waals surface area contributed by atoms with Crippen LogP contribution in [0.2, 0.25) is 0 Å². The molecule has 0 aliphatic heterocycles. The summed E-state index contributed by atoms with van der Waals surface area (Å²) in [6.45, 7) is 6.23. The quantitative estimate of drug-likeness (QED) is 0.759. The van der Waals surface area contributed by atoms with Gasteiger partial charge < -0.3 is 10.6 Å². The van der Waals surface area contributed by atoms with Gasteiger partial charge in [0.1, 0.15) is 0 Å². The lowest BCUT2D eigenvalue weighted by Crippen LogP contribution is -2.27. The highest BCUT2D eigenvalue weighted by atomic mass is 16.1. The molecule has 98 valence electrons. The average molecular weight is 248 g/mol. The van der Waals surface area contributed by atoms with Crippen LogP contribution in [0.25, 0.3) is 0 Å². The highest BCUT2D eigenvalue weighted by Crippen LogP contribution is 2.11. The number of rotatable bonds is 6. The molecule has 0 unspecified atom stereocenters. The zero-order valence-corrected chi connectivity index (χ0v) is 11.1. The fourth-order valence-electron chi connectivity index (χ4n) is 1.51. The molecule has 18 heavy (non-hydrogen) atoms.